The Bertz CT molecular complexity index is 298. The molecule has 1 unspecified atom stereocenters. The van der Waals surface area contributed by atoms with Crippen LogP contribution in [0, 0.1) is 5.92 Å². The van der Waals surface area contributed by atoms with Crippen molar-refractivity contribution >= 4 is 5.97 Å². The Morgan fingerprint density at radius 2 is 1.95 bits per heavy atom. The molecule has 0 heterocycles. The van der Waals surface area contributed by atoms with E-state index in [4.69, 9.17) is 4.74 Å². The minimum absolute atomic E-state index is 0.0195. The van der Waals surface area contributed by atoms with Gasteiger partial charge in [0.1, 0.15) is 0 Å². The van der Waals surface area contributed by atoms with E-state index in [1.807, 2.05) is 6.92 Å². The van der Waals surface area contributed by atoms with E-state index in [9.17, 15) is 9.90 Å². The van der Waals surface area contributed by atoms with E-state index in [-0.39, 0.29) is 11.9 Å². The monoisotopic (exact) mass is 285 g/mol. The van der Waals surface area contributed by atoms with Gasteiger partial charge in [0.2, 0.25) is 0 Å². The summed E-state index contributed by atoms with van der Waals surface area (Å²) in [6.07, 6.45) is 3.98. The van der Waals surface area contributed by atoms with Crippen LogP contribution in [0.3, 0.4) is 0 Å². The zero-order chi connectivity index (χ0) is 15.2. The van der Waals surface area contributed by atoms with Crippen LogP contribution in [0.1, 0.15) is 59.8 Å². The van der Waals surface area contributed by atoms with E-state index in [1.54, 1.807) is 0 Å². The molecule has 4 heteroatoms. The molecule has 0 amide bonds. The van der Waals surface area contributed by atoms with Gasteiger partial charge in [0.05, 0.1) is 18.1 Å². The summed E-state index contributed by atoms with van der Waals surface area (Å²) in [5.41, 5.74) is -0.636. The molecule has 1 N–H and O–H groups in total. The Balaban J connectivity index is 2.51. The number of nitrogens with zero attached hydrogens (tertiary/aromatic N) is 1. The first-order chi connectivity index (χ1) is 9.45. The van der Waals surface area contributed by atoms with Crippen molar-refractivity contribution in [3.8, 4) is 0 Å². The minimum atomic E-state index is -0.636. The fourth-order valence-corrected chi connectivity index (χ4v) is 3.02. The van der Waals surface area contributed by atoms with Crippen LogP contribution in [0.4, 0.5) is 0 Å². The van der Waals surface area contributed by atoms with Crippen LogP contribution in [-0.4, -0.2) is 47.3 Å². The quantitative estimate of drug-likeness (QED) is 0.731. The van der Waals surface area contributed by atoms with Gasteiger partial charge in [-0.25, -0.2) is 0 Å². The van der Waals surface area contributed by atoms with E-state index in [0.29, 0.717) is 32.0 Å². The second-order valence-electron chi connectivity index (χ2n) is 6.07. The molecule has 0 radical (unpaired) electrons. The van der Waals surface area contributed by atoms with Gasteiger partial charge in [0, 0.05) is 12.6 Å². The van der Waals surface area contributed by atoms with Crippen molar-refractivity contribution in [2.45, 2.75) is 71.4 Å². The van der Waals surface area contributed by atoms with Crippen LogP contribution in [0.5, 0.6) is 0 Å². The normalized spacial score (nSPS) is 28.4. The van der Waals surface area contributed by atoms with E-state index >= 15 is 0 Å². The van der Waals surface area contributed by atoms with Gasteiger partial charge in [0.15, 0.2) is 0 Å². The molecule has 0 spiro atoms. The van der Waals surface area contributed by atoms with Gasteiger partial charge in [-0.2, -0.15) is 0 Å². The molecule has 118 valence electrons. The number of ether oxygens (including phenoxy) is 1. The highest BCUT2D eigenvalue weighted by Crippen LogP contribution is 2.33. The molecule has 1 rings (SSSR count). The topological polar surface area (TPSA) is 49.8 Å². The van der Waals surface area contributed by atoms with E-state index in [0.717, 1.165) is 25.8 Å². The molecular formula is C16H31NO3. The summed E-state index contributed by atoms with van der Waals surface area (Å²) < 4.78 is 5.08. The van der Waals surface area contributed by atoms with Crippen LogP contribution in [0.25, 0.3) is 0 Å². The van der Waals surface area contributed by atoms with E-state index in [2.05, 4.69) is 25.7 Å². The highest BCUT2D eigenvalue weighted by atomic mass is 16.5. The fraction of sp³-hybridized carbons (Fsp3) is 0.938. The summed E-state index contributed by atoms with van der Waals surface area (Å²) >= 11 is 0. The van der Waals surface area contributed by atoms with Crippen molar-refractivity contribution < 1.29 is 14.6 Å². The third kappa shape index (κ3) is 4.74. The van der Waals surface area contributed by atoms with Gasteiger partial charge in [-0.1, -0.05) is 13.8 Å². The lowest BCUT2D eigenvalue weighted by molar-refractivity contribution is -0.151. The first-order valence-corrected chi connectivity index (χ1v) is 8.08. The molecule has 1 aliphatic rings. The van der Waals surface area contributed by atoms with Crippen LogP contribution in [-0.2, 0) is 9.53 Å². The molecule has 1 aliphatic carbocycles. The van der Waals surface area contributed by atoms with Crippen molar-refractivity contribution in [3.63, 3.8) is 0 Å². The maximum absolute atomic E-state index is 11.7. The van der Waals surface area contributed by atoms with Crippen LogP contribution < -0.4 is 0 Å². The zero-order valence-electron chi connectivity index (χ0n) is 13.5. The van der Waals surface area contributed by atoms with Gasteiger partial charge >= 0.3 is 5.97 Å². The average Bonchev–Trinajstić information content (AvgIpc) is 2.45. The first-order valence-electron chi connectivity index (χ1n) is 8.08. The molecule has 20 heavy (non-hydrogen) atoms. The van der Waals surface area contributed by atoms with Crippen LogP contribution in [0.2, 0.25) is 0 Å². The maximum atomic E-state index is 11.7. The lowest BCUT2D eigenvalue weighted by Gasteiger charge is -2.40. The van der Waals surface area contributed by atoms with Gasteiger partial charge in [0.25, 0.3) is 0 Å². The summed E-state index contributed by atoms with van der Waals surface area (Å²) in [7, 11) is 0. The van der Waals surface area contributed by atoms with Gasteiger partial charge in [-0.05, 0) is 52.5 Å². The first kappa shape index (κ1) is 17.4. The number of carbonyl (C=O) groups excluding carboxylic acids is 1. The molecule has 1 fully saturated rings. The molecule has 0 aromatic heterocycles. The molecule has 0 aliphatic heterocycles. The Morgan fingerprint density at radius 1 is 1.35 bits per heavy atom. The van der Waals surface area contributed by atoms with E-state index in [1.165, 1.54) is 0 Å². The van der Waals surface area contributed by atoms with Gasteiger partial charge in [-0.3, -0.25) is 9.69 Å². The second kappa shape index (κ2) is 7.99. The molecular weight excluding hydrogens is 254 g/mol. The van der Waals surface area contributed by atoms with Crippen LogP contribution >= 0.6 is 0 Å². The largest absolute Gasteiger partial charge is 0.466 e. The summed E-state index contributed by atoms with van der Waals surface area (Å²) in [4.78, 5) is 14.1. The third-order valence-corrected chi connectivity index (χ3v) is 4.65. The predicted octanol–water partition coefficient (Wildman–Crippen LogP) is 2.59. The summed E-state index contributed by atoms with van der Waals surface area (Å²) in [5.74, 6) is -0.113. The van der Waals surface area contributed by atoms with Crippen LogP contribution in [0.15, 0.2) is 0 Å². The molecule has 4 nitrogen and oxygen atoms in total. The number of likely N-dealkylation sites (N-methyl/N-ethyl adjacent to an activating group) is 1. The number of hydrogen-bond donors (Lipinski definition) is 1. The smallest absolute Gasteiger partial charge is 0.308 e. The summed E-state index contributed by atoms with van der Waals surface area (Å²) in [6.45, 7) is 10.5. The predicted molar refractivity (Wildman–Crippen MR) is 80.5 cm³/mol. The van der Waals surface area contributed by atoms with Crippen molar-refractivity contribution in [1.82, 2.24) is 4.90 Å². The average molecular weight is 285 g/mol. The highest BCUT2D eigenvalue weighted by Gasteiger charge is 2.37. The van der Waals surface area contributed by atoms with Gasteiger partial charge in [-0.15, -0.1) is 0 Å². The molecule has 0 aromatic rings. The summed E-state index contributed by atoms with van der Waals surface area (Å²) in [5, 5.41) is 10.8. The van der Waals surface area contributed by atoms with Crippen molar-refractivity contribution in [2.75, 3.05) is 19.7 Å². The van der Waals surface area contributed by atoms with Crippen molar-refractivity contribution in [2.24, 2.45) is 5.92 Å². The summed E-state index contributed by atoms with van der Waals surface area (Å²) in [6, 6.07) is 0.492. The standard InChI is InChI=1S/C16H31NO3/c1-5-13(4)17(6-2)12-16(19)10-8-14(9-11-16)15(18)20-7-3/h13-14,19H,5-12H2,1-4H3. The highest BCUT2D eigenvalue weighted by molar-refractivity contribution is 5.72. The molecule has 1 atom stereocenters. The minimum Gasteiger partial charge on any atom is -0.466 e. The maximum Gasteiger partial charge on any atom is 0.308 e. The Labute approximate surface area is 123 Å². The Morgan fingerprint density at radius 3 is 2.40 bits per heavy atom. The molecule has 0 bridgehead atoms. The van der Waals surface area contributed by atoms with Crippen molar-refractivity contribution in [1.29, 1.82) is 0 Å². The van der Waals surface area contributed by atoms with E-state index < -0.39 is 5.60 Å². The fourth-order valence-electron chi connectivity index (χ4n) is 3.02. The number of carbonyl (C=O) groups is 1. The number of aliphatic hydroxyl groups is 1. The Kier molecular flexibility index (Phi) is 6.96. The Hall–Kier alpha value is -0.610. The lowest BCUT2D eigenvalue weighted by atomic mass is 9.78. The third-order valence-electron chi connectivity index (χ3n) is 4.65. The lowest BCUT2D eigenvalue weighted by Crippen LogP contribution is -2.48. The van der Waals surface area contributed by atoms with Crippen molar-refractivity contribution in [3.05, 3.63) is 0 Å². The molecule has 1 saturated carbocycles. The zero-order valence-corrected chi connectivity index (χ0v) is 13.5. The number of rotatable bonds is 7. The van der Waals surface area contributed by atoms with Gasteiger partial charge < -0.3 is 9.84 Å². The number of esters is 1. The SMILES string of the molecule is CCOC(=O)C1CCC(O)(CN(CC)C(C)CC)CC1. The number of hydrogen-bond acceptors (Lipinski definition) is 4. The second-order valence-corrected chi connectivity index (χ2v) is 6.07. The molecule has 0 saturated heterocycles. The molecule has 0 aromatic carbocycles.